The van der Waals surface area contributed by atoms with Gasteiger partial charge in [-0.3, -0.25) is 9.32 Å². The van der Waals surface area contributed by atoms with Crippen molar-refractivity contribution in [2.45, 2.75) is 53.0 Å². The van der Waals surface area contributed by atoms with Crippen LogP contribution in [0.4, 0.5) is 5.82 Å². The lowest BCUT2D eigenvalue weighted by molar-refractivity contribution is -0.149. The van der Waals surface area contributed by atoms with Gasteiger partial charge in [0.05, 0.1) is 23.7 Å². The third kappa shape index (κ3) is 6.93. The number of carbonyl (C=O) groups excluding carboxylic acids is 1. The van der Waals surface area contributed by atoms with Crippen LogP contribution in [0.3, 0.4) is 0 Å². The summed E-state index contributed by atoms with van der Waals surface area (Å²) in [6.07, 6.45) is -0.327. The number of benzene rings is 2. The minimum absolute atomic E-state index is 0.0375. The number of nitrogens with zero attached hydrogens (tertiary/aromatic N) is 3. The number of pyridine rings is 1. The molecule has 4 aromatic rings. The molecule has 2 atom stereocenters. The third-order valence-electron chi connectivity index (χ3n) is 5.73. The second kappa shape index (κ2) is 12.6. The summed E-state index contributed by atoms with van der Waals surface area (Å²) in [5.41, 5.74) is 8.31. The molecule has 0 saturated heterocycles. The number of carbonyl (C=O) groups is 1. The minimum Gasteiger partial charge on any atom is -0.462 e. The predicted molar refractivity (Wildman–Crippen MR) is 149 cm³/mol. The van der Waals surface area contributed by atoms with Gasteiger partial charge in [0, 0.05) is 18.5 Å². The molecule has 0 radical (unpaired) electrons. The van der Waals surface area contributed by atoms with E-state index in [-0.39, 0.29) is 25.9 Å². The maximum absolute atomic E-state index is 13.9. The van der Waals surface area contributed by atoms with Gasteiger partial charge < -0.3 is 24.3 Å². The monoisotopic (exact) mass is 555 g/mol. The maximum Gasteiger partial charge on any atom is 0.459 e. The number of ether oxygens (including phenoxy) is 2. The van der Waals surface area contributed by atoms with Crippen molar-refractivity contribution in [2.75, 3.05) is 18.9 Å². The Morgan fingerprint density at radius 1 is 1.08 bits per heavy atom. The first kappa shape index (κ1) is 28.5. The van der Waals surface area contributed by atoms with Gasteiger partial charge in [-0.2, -0.15) is 5.09 Å². The highest BCUT2D eigenvalue weighted by Crippen LogP contribution is 2.45. The van der Waals surface area contributed by atoms with Crippen molar-refractivity contribution in [2.24, 2.45) is 0 Å². The van der Waals surface area contributed by atoms with Crippen LogP contribution in [0, 0.1) is 0 Å². The molecule has 208 valence electrons. The average molecular weight is 556 g/mol. The second-order valence-electron chi connectivity index (χ2n) is 9.10. The van der Waals surface area contributed by atoms with Gasteiger partial charge >= 0.3 is 13.7 Å². The number of nitrogens with two attached hydrogens (primary N) is 1. The number of para-hydroxylation sites is 2. The number of hydrogen-bond donors (Lipinski definition) is 2. The van der Waals surface area contributed by atoms with E-state index in [0.717, 1.165) is 16.4 Å². The van der Waals surface area contributed by atoms with Crippen LogP contribution in [-0.2, 0) is 36.5 Å². The van der Waals surface area contributed by atoms with Crippen molar-refractivity contribution >= 4 is 41.5 Å². The Kier molecular flexibility index (Phi) is 9.19. The number of nitrogen functional groups attached to an aromatic ring is 1. The first-order valence-corrected chi connectivity index (χ1v) is 14.3. The summed E-state index contributed by atoms with van der Waals surface area (Å²) in [5, 5.41) is 3.57. The highest BCUT2D eigenvalue weighted by atomic mass is 31.2. The zero-order valence-corrected chi connectivity index (χ0v) is 23.4. The van der Waals surface area contributed by atoms with Crippen molar-refractivity contribution in [1.29, 1.82) is 0 Å². The molecule has 2 aromatic heterocycles. The Hall–Kier alpha value is -3.50. The fourth-order valence-corrected chi connectivity index (χ4v) is 5.52. The van der Waals surface area contributed by atoms with E-state index >= 15 is 0 Å². The lowest BCUT2D eigenvalue weighted by Crippen LogP contribution is -2.36. The molecule has 2 aromatic carbocycles. The normalized spacial score (nSPS) is 14.0. The number of esters is 1. The summed E-state index contributed by atoms with van der Waals surface area (Å²) in [6.45, 7) is 7.88. The van der Waals surface area contributed by atoms with Crippen molar-refractivity contribution in [3.05, 3.63) is 60.4 Å². The average Bonchev–Trinajstić information content (AvgIpc) is 3.26. The smallest absolute Gasteiger partial charge is 0.459 e. The number of nitrogens with one attached hydrogen (secondary N) is 1. The largest absolute Gasteiger partial charge is 0.462 e. The quantitative estimate of drug-likeness (QED) is 0.174. The fraction of sp³-hybridized carbons (Fsp3) is 0.370. The molecule has 0 saturated carbocycles. The summed E-state index contributed by atoms with van der Waals surface area (Å²) < 4.78 is 38.3. The second-order valence-corrected chi connectivity index (χ2v) is 10.8. The van der Waals surface area contributed by atoms with Crippen LogP contribution in [0.1, 0.15) is 33.5 Å². The Balaban J connectivity index is 1.63. The lowest BCUT2D eigenvalue weighted by Gasteiger charge is -2.23. The Labute approximate surface area is 227 Å². The van der Waals surface area contributed by atoms with E-state index in [1.807, 2.05) is 41.8 Å². The van der Waals surface area contributed by atoms with Crippen LogP contribution in [0.2, 0.25) is 0 Å². The first-order valence-electron chi connectivity index (χ1n) is 12.8. The van der Waals surface area contributed by atoms with E-state index in [9.17, 15) is 9.36 Å². The van der Waals surface area contributed by atoms with E-state index in [1.54, 1.807) is 45.0 Å². The molecule has 0 bridgehead atoms. The van der Waals surface area contributed by atoms with Crippen LogP contribution in [0.25, 0.3) is 21.9 Å². The Morgan fingerprint density at radius 2 is 1.79 bits per heavy atom. The molecule has 11 nitrogen and oxygen atoms in total. The zero-order valence-electron chi connectivity index (χ0n) is 22.5. The lowest BCUT2D eigenvalue weighted by atomic mass is 10.2. The molecule has 0 spiro atoms. The highest BCUT2D eigenvalue weighted by molar-refractivity contribution is 7.52. The summed E-state index contributed by atoms with van der Waals surface area (Å²) >= 11 is 0. The fourth-order valence-electron chi connectivity index (χ4n) is 4.04. The van der Waals surface area contributed by atoms with Crippen LogP contribution in [0.5, 0.6) is 5.75 Å². The van der Waals surface area contributed by atoms with Gasteiger partial charge in [0.15, 0.2) is 5.82 Å². The van der Waals surface area contributed by atoms with Crippen molar-refractivity contribution in [3.8, 4) is 5.75 Å². The number of hydrogen-bond acceptors (Lipinski definition) is 9. The summed E-state index contributed by atoms with van der Waals surface area (Å²) in [6, 6.07) is 15.3. The van der Waals surface area contributed by atoms with Crippen LogP contribution in [0.15, 0.2) is 54.6 Å². The van der Waals surface area contributed by atoms with E-state index in [1.165, 1.54) is 0 Å². The van der Waals surface area contributed by atoms with Gasteiger partial charge in [0.25, 0.3) is 0 Å². The number of aromatic nitrogens is 3. The summed E-state index contributed by atoms with van der Waals surface area (Å²) in [4.78, 5) is 21.6. The predicted octanol–water partition coefficient (Wildman–Crippen LogP) is 4.84. The van der Waals surface area contributed by atoms with Crippen molar-refractivity contribution < 1.29 is 27.9 Å². The number of imidazole rings is 1. The minimum atomic E-state index is -4.02. The molecule has 39 heavy (non-hydrogen) atoms. The van der Waals surface area contributed by atoms with Crippen LogP contribution < -0.4 is 15.3 Å². The topological polar surface area (TPSA) is 140 Å². The number of anilines is 1. The molecular weight excluding hydrogens is 521 g/mol. The molecule has 0 aliphatic rings. The molecule has 3 N–H and O–H groups in total. The number of rotatable bonds is 13. The molecular formula is C27H34N5O6P. The van der Waals surface area contributed by atoms with Crippen molar-refractivity contribution in [3.63, 3.8) is 0 Å². The van der Waals surface area contributed by atoms with Gasteiger partial charge in [-0.1, -0.05) is 36.4 Å². The summed E-state index contributed by atoms with van der Waals surface area (Å²) in [5.74, 6) is 0.687. The van der Waals surface area contributed by atoms with Gasteiger partial charge in [-0.15, -0.1) is 0 Å². The Morgan fingerprint density at radius 3 is 2.51 bits per heavy atom. The van der Waals surface area contributed by atoms with Crippen molar-refractivity contribution in [1.82, 2.24) is 19.6 Å². The van der Waals surface area contributed by atoms with E-state index in [0.29, 0.717) is 29.5 Å². The molecule has 12 heteroatoms. The zero-order chi connectivity index (χ0) is 28.0. The van der Waals surface area contributed by atoms with Gasteiger partial charge in [-0.25, -0.2) is 14.5 Å². The van der Waals surface area contributed by atoms with E-state index in [2.05, 4.69) is 10.1 Å². The molecule has 0 aliphatic heterocycles. The molecule has 1 unspecified atom stereocenters. The Bertz CT molecular complexity index is 1480. The van der Waals surface area contributed by atoms with Gasteiger partial charge in [-0.05, 0) is 45.9 Å². The number of fused-ring (bicyclic) bond motifs is 3. The standard InChI is InChI=1S/C27H34N5O6P/c1-5-35-17-23-30-24-25(21-13-9-10-14-22(21)29-26(24)28)32(23)15-16-36-39(34,38-20-11-7-6-8-12-20)31-19(4)27(33)37-18(2)3/h6-14,18-19H,5,15-17H2,1-4H3,(H2,28,29)(H,31,34)/t19-,39?/m0/s1. The molecule has 4 rings (SSSR count). The molecule has 0 aliphatic carbocycles. The molecule has 2 heterocycles. The summed E-state index contributed by atoms with van der Waals surface area (Å²) in [7, 11) is -4.02. The van der Waals surface area contributed by atoms with Gasteiger partial charge in [0.2, 0.25) is 0 Å². The van der Waals surface area contributed by atoms with E-state index < -0.39 is 19.8 Å². The molecule has 0 fully saturated rings. The van der Waals surface area contributed by atoms with Crippen LogP contribution in [-0.4, -0.2) is 45.9 Å². The van der Waals surface area contributed by atoms with Crippen LogP contribution >= 0.6 is 7.75 Å². The SMILES string of the molecule is CCOCc1nc2c(N)nc3ccccc3c2n1CCOP(=O)(N[C@@H](C)C(=O)OC(C)C)Oc1ccccc1. The van der Waals surface area contributed by atoms with E-state index in [4.69, 9.17) is 29.2 Å². The maximum atomic E-state index is 13.9. The first-order chi connectivity index (χ1) is 18.7. The van der Waals surface area contributed by atoms with Gasteiger partial charge in [0.1, 0.15) is 29.7 Å². The molecule has 0 amide bonds. The third-order valence-corrected chi connectivity index (χ3v) is 7.40. The highest BCUT2D eigenvalue weighted by Gasteiger charge is 2.32.